The van der Waals surface area contributed by atoms with Crippen molar-refractivity contribution in [3.05, 3.63) is 54.1 Å². The summed E-state index contributed by atoms with van der Waals surface area (Å²) in [5.74, 6) is 0. The topological polar surface area (TPSA) is 52.7 Å². The fraction of sp³-hybridized carbons (Fsp3) is 0.538. The van der Waals surface area contributed by atoms with Crippen molar-refractivity contribution < 1.29 is 8.42 Å². The van der Waals surface area contributed by atoms with Gasteiger partial charge in [0.1, 0.15) is 0 Å². The first-order valence-electron chi connectivity index (χ1n) is 12.1. The second kappa shape index (κ2) is 10.9. The zero-order chi connectivity index (χ0) is 22.4. The Morgan fingerprint density at radius 2 is 1.44 bits per heavy atom. The molecule has 0 amide bonds. The van der Waals surface area contributed by atoms with Crippen LogP contribution in [0.4, 0.5) is 0 Å². The van der Waals surface area contributed by atoms with Gasteiger partial charge in [-0.05, 0) is 95.0 Å². The number of sulfonamides is 1. The van der Waals surface area contributed by atoms with E-state index in [1.54, 1.807) is 12.1 Å². The molecule has 32 heavy (non-hydrogen) atoms. The number of aryl methyl sites for hydroxylation is 1. The summed E-state index contributed by atoms with van der Waals surface area (Å²) in [6, 6.07) is 16.2. The van der Waals surface area contributed by atoms with Crippen molar-refractivity contribution in [3.8, 4) is 11.1 Å². The van der Waals surface area contributed by atoms with Crippen molar-refractivity contribution >= 4 is 10.0 Å². The quantitative estimate of drug-likeness (QED) is 0.604. The van der Waals surface area contributed by atoms with Crippen LogP contribution in [-0.2, 0) is 10.0 Å². The molecule has 0 unspecified atom stereocenters. The number of hydrogen-bond acceptors (Lipinski definition) is 4. The van der Waals surface area contributed by atoms with E-state index in [2.05, 4.69) is 45.7 Å². The molecule has 2 heterocycles. The summed E-state index contributed by atoms with van der Waals surface area (Å²) in [4.78, 5) is 5.51. The molecule has 0 spiro atoms. The molecule has 0 aromatic heterocycles. The number of nitrogens with one attached hydrogen (secondary N) is 1. The van der Waals surface area contributed by atoms with Crippen LogP contribution in [0.1, 0.15) is 44.1 Å². The highest BCUT2D eigenvalue weighted by molar-refractivity contribution is 7.89. The lowest BCUT2D eigenvalue weighted by molar-refractivity contribution is 0.0923. The third-order valence-corrected chi connectivity index (χ3v) is 8.43. The van der Waals surface area contributed by atoms with Gasteiger partial charge in [-0.15, -0.1) is 0 Å². The summed E-state index contributed by atoms with van der Waals surface area (Å²) in [5, 5.41) is 0. The van der Waals surface area contributed by atoms with E-state index in [1.165, 1.54) is 50.8 Å². The average molecular weight is 456 g/mol. The summed E-state index contributed by atoms with van der Waals surface area (Å²) in [7, 11) is -3.47. The summed E-state index contributed by atoms with van der Waals surface area (Å²) in [6.45, 7) is 8.32. The predicted octanol–water partition coefficient (Wildman–Crippen LogP) is 4.28. The number of rotatable bonds is 8. The second-order valence-electron chi connectivity index (χ2n) is 9.31. The molecule has 0 atom stereocenters. The van der Waals surface area contributed by atoms with Gasteiger partial charge in [-0.3, -0.25) is 0 Å². The molecule has 2 fully saturated rings. The van der Waals surface area contributed by atoms with Crippen LogP contribution in [0.3, 0.4) is 0 Å². The molecule has 0 saturated carbocycles. The van der Waals surface area contributed by atoms with Crippen LogP contribution >= 0.6 is 0 Å². The Labute approximate surface area is 193 Å². The van der Waals surface area contributed by atoms with E-state index < -0.39 is 10.0 Å². The molecule has 2 aromatic rings. The van der Waals surface area contributed by atoms with E-state index >= 15 is 0 Å². The highest BCUT2D eigenvalue weighted by atomic mass is 32.2. The number of hydrogen-bond donors (Lipinski definition) is 1. The molecule has 0 radical (unpaired) electrons. The molecule has 5 nitrogen and oxygen atoms in total. The van der Waals surface area contributed by atoms with Crippen molar-refractivity contribution in [1.29, 1.82) is 0 Å². The van der Waals surface area contributed by atoms with Gasteiger partial charge in [-0.1, -0.05) is 48.4 Å². The molecular weight excluding hydrogens is 418 g/mol. The molecular formula is C26H37N3O2S. The van der Waals surface area contributed by atoms with Crippen LogP contribution in [0.25, 0.3) is 11.1 Å². The maximum absolute atomic E-state index is 12.7. The lowest BCUT2D eigenvalue weighted by atomic mass is 10.00. The zero-order valence-electron chi connectivity index (χ0n) is 19.3. The number of piperidine rings is 2. The van der Waals surface area contributed by atoms with E-state index in [0.717, 1.165) is 43.2 Å². The monoisotopic (exact) mass is 455 g/mol. The molecule has 6 heteroatoms. The largest absolute Gasteiger partial charge is 0.303 e. The van der Waals surface area contributed by atoms with Crippen molar-refractivity contribution in [1.82, 2.24) is 14.5 Å². The van der Waals surface area contributed by atoms with Crippen LogP contribution in [-0.4, -0.2) is 63.5 Å². The van der Waals surface area contributed by atoms with Gasteiger partial charge in [0, 0.05) is 12.6 Å². The molecule has 4 rings (SSSR count). The van der Waals surface area contributed by atoms with E-state index in [9.17, 15) is 8.42 Å². The molecule has 2 aliphatic heterocycles. The third-order valence-electron chi connectivity index (χ3n) is 6.96. The molecule has 0 bridgehead atoms. The van der Waals surface area contributed by atoms with Crippen molar-refractivity contribution in [2.75, 3.05) is 39.3 Å². The fourth-order valence-electron chi connectivity index (χ4n) is 4.96. The van der Waals surface area contributed by atoms with Crippen molar-refractivity contribution in [2.45, 2.75) is 56.4 Å². The van der Waals surface area contributed by atoms with Gasteiger partial charge >= 0.3 is 0 Å². The highest BCUT2D eigenvalue weighted by Crippen LogP contribution is 2.22. The van der Waals surface area contributed by atoms with Crippen molar-refractivity contribution in [2.24, 2.45) is 0 Å². The minimum absolute atomic E-state index is 0.329. The number of benzene rings is 2. The third kappa shape index (κ3) is 6.19. The van der Waals surface area contributed by atoms with Crippen LogP contribution in [0.2, 0.25) is 0 Å². The fourth-order valence-corrected chi connectivity index (χ4v) is 6.03. The first kappa shape index (κ1) is 23.4. The van der Waals surface area contributed by atoms with E-state index in [4.69, 9.17) is 0 Å². The average Bonchev–Trinajstić information content (AvgIpc) is 2.83. The van der Waals surface area contributed by atoms with Gasteiger partial charge < -0.3 is 9.80 Å². The summed E-state index contributed by atoms with van der Waals surface area (Å²) in [6.07, 6.45) is 7.44. The van der Waals surface area contributed by atoms with E-state index in [0.29, 0.717) is 11.4 Å². The normalized spacial score (nSPS) is 19.3. The summed E-state index contributed by atoms with van der Waals surface area (Å²) >= 11 is 0. The molecule has 1 N–H and O–H groups in total. The lowest BCUT2D eigenvalue weighted by Gasteiger charge is -2.40. The van der Waals surface area contributed by atoms with E-state index in [1.807, 2.05) is 12.1 Å². The Balaban J connectivity index is 1.20. The van der Waals surface area contributed by atoms with Crippen LogP contribution in [0, 0.1) is 6.92 Å². The molecule has 2 aliphatic rings. The lowest BCUT2D eigenvalue weighted by Crippen LogP contribution is -2.47. The standard InChI is InChI=1S/C26H37N3O2S/c1-22-6-8-23(9-7-22)24-10-12-26(13-11-24)32(30,31)27-16-5-17-28-20-14-25(15-21-28)29-18-3-2-4-19-29/h6-13,25,27H,2-5,14-21H2,1H3. The Bertz CT molecular complexity index is 944. The Kier molecular flexibility index (Phi) is 8.00. The van der Waals surface area contributed by atoms with Gasteiger partial charge in [0.2, 0.25) is 10.0 Å². The van der Waals surface area contributed by atoms with E-state index in [-0.39, 0.29) is 0 Å². The Hall–Kier alpha value is -1.73. The van der Waals surface area contributed by atoms with Crippen LogP contribution in [0.5, 0.6) is 0 Å². The molecule has 0 aliphatic carbocycles. The molecule has 2 saturated heterocycles. The molecule has 2 aromatic carbocycles. The zero-order valence-corrected chi connectivity index (χ0v) is 20.1. The Morgan fingerprint density at radius 3 is 2.06 bits per heavy atom. The summed E-state index contributed by atoms with van der Waals surface area (Å²) in [5.41, 5.74) is 3.33. The van der Waals surface area contributed by atoms with Gasteiger partial charge in [-0.2, -0.15) is 0 Å². The van der Waals surface area contributed by atoms with Gasteiger partial charge in [0.05, 0.1) is 4.90 Å². The number of nitrogens with zero attached hydrogens (tertiary/aromatic N) is 2. The maximum atomic E-state index is 12.7. The smallest absolute Gasteiger partial charge is 0.240 e. The number of likely N-dealkylation sites (tertiary alicyclic amines) is 2. The highest BCUT2D eigenvalue weighted by Gasteiger charge is 2.25. The van der Waals surface area contributed by atoms with Gasteiger partial charge in [-0.25, -0.2) is 13.1 Å². The van der Waals surface area contributed by atoms with Crippen LogP contribution < -0.4 is 4.72 Å². The first-order valence-corrected chi connectivity index (χ1v) is 13.6. The second-order valence-corrected chi connectivity index (χ2v) is 11.1. The predicted molar refractivity (Wildman–Crippen MR) is 131 cm³/mol. The Morgan fingerprint density at radius 1 is 0.844 bits per heavy atom. The maximum Gasteiger partial charge on any atom is 0.240 e. The van der Waals surface area contributed by atoms with Crippen LogP contribution in [0.15, 0.2) is 53.4 Å². The van der Waals surface area contributed by atoms with Gasteiger partial charge in [0.15, 0.2) is 0 Å². The minimum atomic E-state index is -3.47. The SMILES string of the molecule is Cc1ccc(-c2ccc(S(=O)(=O)NCCCN3CCC(N4CCCCC4)CC3)cc2)cc1. The van der Waals surface area contributed by atoms with Crippen molar-refractivity contribution in [3.63, 3.8) is 0 Å². The minimum Gasteiger partial charge on any atom is -0.303 e. The first-order chi connectivity index (χ1) is 15.5. The summed E-state index contributed by atoms with van der Waals surface area (Å²) < 4.78 is 28.1. The van der Waals surface area contributed by atoms with Gasteiger partial charge in [0.25, 0.3) is 0 Å². The molecule has 174 valence electrons.